The van der Waals surface area contributed by atoms with Crippen molar-refractivity contribution in [3.05, 3.63) is 35.1 Å². The quantitative estimate of drug-likeness (QED) is 0.616. The Morgan fingerprint density at radius 3 is 2.00 bits per heavy atom. The first-order valence-corrected chi connectivity index (χ1v) is 3.84. The Balaban J connectivity index is 3.34. The molecule has 0 saturated heterocycles. The molecule has 1 N–H and O–H groups in total. The number of rotatable bonds is 2. The summed E-state index contributed by atoms with van der Waals surface area (Å²) in [5.41, 5.74) is -3.75. The van der Waals surface area contributed by atoms with Crippen LogP contribution in [-0.4, -0.2) is 11.1 Å². The molecule has 82 valence electrons. The molecule has 0 spiro atoms. The van der Waals surface area contributed by atoms with Crippen LogP contribution in [-0.2, 0) is 10.5 Å². The average Bonchev–Trinajstić information content (AvgIpc) is 2.13. The van der Waals surface area contributed by atoms with Gasteiger partial charge in [-0.1, -0.05) is 0 Å². The summed E-state index contributed by atoms with van der Waals surface area (Å²) in [5, 5.41) is 8.43. The largest absolute Gasteiger partial charge is 0.479 e. The topological polar surface area (TPSA) is 37.3 Å². The van der Waals surface area contributed by atoms with E-state index < -0.39 is 34.7 Å². The molecule has 2 nitrogen and oxygen atoms in total. The molecule has 6 heteroatoms. The highest BCUT2D eigenvalue weighted by Crippen LogP contribution is 2.28. The molecule has 0 heterocycles. The summed E-state index contributed by atoms with van der Waals surface area (Å²) in [5.74, 6) is -6.93. The van der Waals surface area contributed by atoms with Gasteiger partial charge in [0, 0.05) is 5.56 Å². The summed E-state index contributed by atoms with van der Waals surface area (Å²) in [7, 11) is 0. The number of aliphatic carboxylic acids is 1. The molecule has 15 heavy (non-hydrogen) atoms. The number of carboxylic acid groups (broad SMARTS) is 1. The minimum atomic E-state index is -2.96. The molecule has 0 amide bonds. The molecule has 1 aromatic carbocycles. The van der Waals surface area contributed by atoms with Crippen molar-refractivity contribution in [2.45, 2.75) is 12.6 Å². The molecular weight excluding hydrogens is 216 g/mol. The van der Waals surface area contributed by atoms with E-state index in [1.807, 2.05) is 0 Å². The Morgan fingerprint density at radius 2 is 1.67 bits per heavy atom. The van der Waals surface area contributed by atoms with E-state index in [0.717, 1.165) is 0 Å². The SMILES string of the molecule is CC(F)(C(=O)O)c1cc(F)c(F)c(F)c1. The van der Waals surface area contributed by atoms with Crippen LogP contribution in [0.15, 0.2) is 12.1 Å². The first kappa shape index (κ1) is 11.5. The summed E-state index contributed by atoms with van der Waals surface area (Å²) in [6, 6.07) is 0.624. The monoisotopic (exact) mass is 222 g/mol. The molecular formula is C9H6F4O2. The predicted molar refractivity (Wildman–Crippen MR) is 42.4 cm³/mol. The fourth-order valence-electron chi connectivity index (χ4n) is 0.950. The highest BCUT2D eigenvalue weighted by atomic mass is 19.2. The lowest BCUT2D eigenvalue weighted by Gasteiger charge is -2.15. The minimum absolute atomic E-state index is 0.312. The van der Waals surface area contributed by atoms with Crippen LogP contribution in [0.2, 0.25) is 0 Å². The molecule has 1 atom stereocenters. The van der Waals surface area contributed by atoms with Crippen molar-refractivity contribution in [3.8, 4) is 0 Å². The zero-order valence-corrected chi connectivity index (χ0v) is 7.52. The maximum atomic E-state index is 13.4. The number of carbonyl (C=O) groups is 1. The summed E-state index contributed by atoms with van der Waals surface area (Å²) < 4.78 is 51.2. The summed E-state index contributed by atoms with van der Waals surface area (Å²) >= 11 is 0. The van der Waals surface area contributed by atoms with Gasteiger partial charge in [-0.15, -0.1) is 0 Å². The van der Waals surface area contributed by atoms with E-state index in [-0.39, 0.29) is 0 Å². The van der Waals surface area contributed by atoms with Crippen molar-refractivity contribution in [1.29, 1.82) is 0 Å². The Kier molecular flexibility index (Phi) is 2.70. The van der Waals surface area contributed by atoms with Gasteiger partial charge in [0.05, 0.1) is 0 Å². The third-order valence-corrected chi connectivity index (χ3v) is 1.93. The summed E-state index contributed by atoms with van der Waals surface area (Å²) in [4.78, 5) is 10.4. The Labute approximate surface area is 82.1 Å². The fourth-order valence-corrected chi connectivity index (χ4v) is 0.950. The number of benzene rings is 1. The van der Waals surface area contributed by atoms with Gasteiger partial charge in [0.25, 0.3) is 0 Å². The van der Waals surface area contributed by atoms with Crippen molar-refractivity contribution in [2.75, 3.05) is 0 Å². The van der Waals surface area contributed by atoms with Gasteiger partial charge in [-0.05, 0) is 19.1 Å². The summed E-state index contributed by atoms with van der Waals surface area (Å²) in [6.07, 6.45) is 0. The van der Waals surface area contributed by atoms with Gasteiger partial charge in [0.15, 0.2) is 17.5 Å². The van der Waals surface area contributed by atoms with Crippen molar-refractivity contribution >= 4 is 5.97 Å². The molecule has 0 bridgehead atoms. The lowest BCUT2D eigenvalue weighted by molar-refractivity contribution is -0.150. The van der Waals surface area contributed by atoms with Crippen LogP contribution in [0.1, 0.15) is 12.5 Å². The van der Waals surface area contributed by atoms with Crippen molar-refractivity contribution in [3.63, 3.8) is 0 Å². The number of alkyl halides is 1. The van der Waals surface area contributed by atoms with E-state index in [1.54, 1.807) is 0 Å². The Morgan fingerprint density at radius 1 is 1.27 bits per heavy atom. The van der Waals surface area contributed by atoms with Crippen LogP contribution in [0.4, 0.5) is 17.6 Å². The van der Waals surface area contributed by atoms with Crippen molar-refractivity contribution < 1.29 is 27.5 Å². The van der Waals surface area contributed by atoms with Crippen LogP contribution in [0, 0.1) is 17.5 Å². The number of hydrogen-bond donors (Lipinski definition) is 1. The molecule has 1 aromatic rings. The smallest absolute Gasteiger partial charge is 0.345 e. The second-order valence-electron chi connectivity index (χ2n) is 3.06. The summed E-state index contributed by atoms with van der Waals surface area (Å²) in [6.45, 7) is 0.613. The Hall–Kier alpha value is -1.59. The fraction of sp³-hybridized carbons (Fsp3) is 0.222. The highest BCUT2D eigenvalue weighted by molar-refractivity contribution is 5.78. The van der Waals surface area contributed by atoms with Gasteiger partial charge >= 0.3 is 5.97 Å². The molecule has 0 fully saturated rings. The molecule has 1 rings (SSSR count). The number of carboxylic acids is 1. The van der Waals surface area contributed by atoms with Crippen LogP contribution < -0.4 is 0 Å². The second kappa shape index (κ2) is 3.52. The predicted octanol–water partition coefficient (Wildman–Crippen LogP) is 2.37. The minimum Gasteiger partial charge on any atom is -0.479 e. The van der Waals surface area contributed by atoms with E-state index in [4.69, 9.17) is 5.11 Å². The molecule has 0 aliphatic carbocycles. The third kappa shape index (κ3) is 1.93. The van der Waals surface area contributed by atoms with Crippen molar-refractivity contribution in [2.24, 2.45) is 0 Å². The maximum absolute atomic E-state index is 13.4. The van der Waals surface area contributed by atoms with Gasteiger partial charge < -0.3 is 5.11 Å². The maximum Gasteiger partial charge on any atom is 0.345 e. The van der Waals surface area contributed by atoms with Crippen LogP contribution >= 0.6 is 0 Å². The van der Waals surface area contributed by atoms with Crippen LogP contribution in [0.3, 0.4) is 0 Å². The van der Waals surface area contributed by atoms with Crippen LogP contribution in [0.25, 0.3) is 0 Å². The van der Waals surface area contributed by atoms with E-state index in [0.29, 0.717) is 19.1 Å². The van der Waals surface area contributed by atoms with Crippen LogP contribution in [0.5, 0.6) is 0 Å². The van der Waals surface area contributed by atoms with Gasteiger partial charge in [0.2, 0.25) is 5.67 Å². The van der Waals surface area contributed by atoms with E-state index >= 15 is 0 Å². The molecule has 0 saturated carbocycles. The number of halogens is 4. The second-order valence-corrected chi connectivity index (χ2v) is 3.06. The first-order valence-electron chi connectivity index (χ1n) is 3.84. The van der Waals surface area contributed by atoms with Gasteiger partial charge in [0.1, 0.15) is 0 Å². The third-order valence-electron chi connectivity index (χ3n) is 1.93. The van der Waals surface area contributed by atoms with Gasteiger partial charge in [-0.3, -0.25) is 0 Å². The normalized spacial score (nSPS) is 14.7. The standard InChI is InChI=1S/C9H6F4O2/c1-9(13,8(14)15)4-2-5(10)7(12)6(11)3-4/h2-3H,1H3,(H,14,15). The van der Waals surface area contributed by atoms with Gasteiger partial charge in [-0.2, -0.15) is 0 Å². The average molecular weight is 222 g/mol. The lowest BCUT2D eigenvalue weighted by Crippen LogP contribution is -2.27. The zero-order chi connectivity index (χ0) is 11.8. The van der Waals surface area contributed by atoms with Crippen molar-refractivity contribution in [1.82, 2.24) is 0 Å². The molecule has 1 unspecified atom stereocenters. The highest BCUT2D eigenvalue weighted by Gasteiger charge is 2.36. The Bertz CT molecular complexity index is 392. The first-order chi connectivity index (χ1) is 6.76. The molecule has 0 radical (unpaired) electrons. The van der Waals surface area contributed by atoms with Gasteiger partial charge in [-0.25, -0.2) is 22.4 Å². The van der Waals surface area contributed by atoms with E-state index in [9.17, 15) is 22.4 Å². The van der Waals surface area contributed by atoms with E-state index in [2.05, 4.69) is 0 Å². The zero-order valence-electron chi connectivity index (χ0n) is 7.52. The molecule has 0 aliphatic rings. The van der Waals surface area contributed by atoms with E-state index in [1.165, 1.54) is 0 Å². The molecule has 0 aromatic heterocycles. The molecule has 0 aliphatic heterocycles. The number of hydrogen-bond acceptors (Lipinski definition) is 1. The lowest BCUT2D eigenvalue weighted by atomic mass is 9.98.